The smallest absolute Gasteiger partial charge is 0.242 e. The fourth-order valence-electron chi connectivity index (χ4n) is 10.9. The van der Waals surface area contributed by atoms with Crippen LogP contribution in [0.2, 0.25) is 0 Å². The van der Waals surface area contributed by atoms with Crippen LogP contribution in [0.15, 0.2) is 72.1 Å². The summed E-state index contributed by atoms with van der Waals surface area (Å²) in [5, 5.41) is 79.7. The lowest BCUT2D eigenvalue weighted by Gasteiger charge is -2.47. The van der Waals surface area contributed by atoms with Gasteiger partial charge in [0, 0.05) is 53.2 Å². The molecule has 3 aromatic rings. The molecule has 0 unspecified atom stereocenters. The van der Waals surface area contributed by atoms with Crippen molar-refractivity contribution in [2.24, 2.45) is 11.7 Å². The maximum atomic E-state index is 15.2. The monoisotopic (exact) mass is 1020 g/mol. The lowest BCUT2D eigenvalue weighted by atomic mass is 9.74. The SMILES string of the molecule is N[C@@H]1NC(=O)[C@@H]2NCN(c3ccccc3[C@H]3c4cc5c(c(OC[C@H](O)CC=O)c4O[C@H]4O[C@H]6COC[C@@H]3CC[C@@H](O)CC#C[C@@]6(O)[C@@H](O)[C@@H]4OCCC3=CCNC(NO)=C3)C(=O)c3cc(CO)ccc3C5=O)[C@@H]2N1. The lowest BCUT2D eigenvalue weighted by molar-refractivity contribution is -0.308. The molecule has 0 aromatic heterocycles. The number of allylic oxidation sites excluding steroid dienone is 1. The third-order valence-electron chi connectivity index (χ3n) is 14.7. The van der Waals surface area contributed by atoms with Crippen LogP contribution in [0.4, 0.5) is 5.69 Å². The van der Waals surface area contributed by atoms with Gasteiger partial charge in [0.05, 0.1) is 50.9 Å². The third kappa shape index (κ3) is 9.66. The molecule has 6 heterocycles. The number of amides is 1. The largest absolute Gasteiger partial charge is 0.486 e. The van der Waals surface area contributed by atoms with Gasteiger partial charge >= 0.3 is 0 Å². The minimum absolute atomic E-state index is 0.0436. The third-order valence-corrected chi connectivity index (χ3v) is 14.7. The van der Waals surface area contributed by atoms with Crippen LogP contribution in [-0.4, -0.2) is 155 Å². The van der Waals surface area contributed by atoms with Gasteiger partial charge in [0.1, 0.15) is 55.5 Å². The molecule has 6 aliphatic heterocycles. The number of para-hydroxylation sites is 1. The first-order valence-corrected chi connectivity index (χ1v) is 24.7. The molecule has 10 rings (SSSR count). The van der Waals surface area contributed by atoms with Crippen molar-refractivity contribution in [3.05, 3.63) is 111 Å². The number of anilines is 1. The second kappa shape index (κ2) is 21.5. The number of dihydropyridines is 1. The lowest BCUT2D eigenvalue weighted by Crippen LogP contribution is -2.70. The van der Waals surface area contributed by atoms with Crippen molar-refractivity contribution in [3.63, 3.8) is 0 Å². The highest BCUT2D eigenvalue weighted by atomic mass is 16.7. The van der Waals surface area contributed by atoms with E-state index in [0.29, 0.717) is 35.5 Å². The summed E-state index contributed by atoms with van der Waals surface area (Å²) < 4.78 is 33.3. The molecule has 3 saturated heterocycles. The Labute approximate surface area is 424 Å². The highest BCUT2D eigenvalue weighted by Crippen LogP contribution is 2.52. The summed E-state index contributed by atoms with van der Waals surface area (Å²) in [5.74, 6) is 2.31. The Kier molecular flexibility index (Phi) is 14.9. The molecule has 7 aliphatic rings. The molecule has 22 heteroatoms. The highest BCUT2D eigenvalue weighted by molar-refractivity contribution is 6.29. The molecule has 1 amide bonds. The Morgan fingerprint density at radius 3 is 2.69 bits per heavy atom. The van der Waals surface area contributed by atoms with Crippen LogP contribution in [-0.2, 0) is 30.4 Å². The van der Waals surface area contributed by atoms with E-state index < -0.39 is 97.5 Å². The number of aldehydes is 1. The number of carbonyl (C=O) groups is 4. The van der Waals surface area contributed by atoms with Crippen LogP contribution in [0.25, 0.3) is 0 Å². The van der Waals surface area contributed by atoms with Crippen molar-refractivity contribution < 1.29 is 73.6 Å². The number of hydrogen-bond acceptors (Lipinski definition) is 21. The number of hydroxylamine groups is 1. The number of benzene rings is 3. The predicted molar refractivity (Wildman–Crippen MR) is 259 cm³/mol. The van der Waals surface area contributed by atoms with Gasteiger partial charge in [-0.25, -0.2) is 0 Å². The van der Waals surface area contributed by atoms with Crippen molar-refractivity contribution in [2.45, 2.75) is 106 Å². The summed E-state index contributed by atoms with van der Waals surface area (Å²) >= 11 is 0. The average molecular weight is 1020 g/mol. The molecular weight excluding hydrogens is 963 g/mol. The first kappa shape index (κ1) is 51.2. The summed E-state index contributed by atoms with van der Waals surface area (Å²) in [6.07, 6.45) is -6.37. The fraction of sp³-hybridized carbons (Fsp3) is 0.462. The van der Waals surface area contributed by atoms with E-state index in [1.54, 1.807) is 12.1 Å². The Balaban J connectivity index is 1.22. The van der Waals surface area contributed by atoms with Gasteiger partial charge in [-0.3, -0.25) is 41.4 Å². The number of ketones is 2. The van der Waals surface area contributed by atoms with Crippen LogP contribution in [0.3, 0.4) is 0 Å². The van der Waals surface area contributed by atoms with Crippen LogP contribution in [0.1, 0.15) is 86.6 Å². The molecule has 0 radical (unpaired) electrons. The number of hydrogen-bond donors (Lipinski definition) is 12. The quantitative estimate of drug-likeness (QED) is 0.0432. The maximum Gasteiger partial charge on any atom is 0.242 e. The standard InChI is InChI=1S/C52H59N7O15/c53-51-56-48-41(49(67)57-51)55-25-59(48)36-6-2-1-5-32(36)39-28-8-9-29(62)4-3-14-52(68)37(24-70-22-28)73-50(46(47(52)66)71-17-13-26-11-15-54-38(19-26)58-69)74-44-35(39)20-34-40(45(44)72-23-30(63)12-16-60)43(65)33-18-27(21-61)7-10-31(33)42(34)64/h1-2,5-7,10-11,16,18-20,28-30,37,39,41,46-48,50-51,54-56,58,61-63,66,68-69H,4,8-9,12-13,15,17,21-25,53H2,(H,57,67)/t28-,29-,30+,37-,39-,41+,46-,47-,48-,50+,51-,52-/m0/s1. The molecule has 1 aliphatic carbocycles. The molecule has 0 saturated carbocycles. The zero-order valence-electron chi connectivity index (χ0n) is 40.1. The molecule has 74 heavy (non-hydrogen) atoms. The number of nitrogens with zero attached hydrogens (tertiary/aromatic N) is 1. The Morgan fingerprint density at radius 1 is 1.04 bits per heavy atom. The molecular formula is C52H59N7O15. The predicted octanol–water partition coefficient (Wildman–Crippen LogP) is -1.05. The average Bonchev–Trinajstić information content (AvgIpc) is 3.82. The Morgan fingerprint density at radius 2 is 1.88 bits per heavy atom. The summed E-state index contributed by atoms with van der Waals surface area (Å²) in [5.41, 5.74) is 8.18. The van der Waals surface area contributed by atoms with Gasteiger partial charge in [-0.15, -0.1) is 0 Å². The summed E-state index contributed by atoms with van der Waals surface area (Å²) in [6.45, 7) is -0.996. The fourth-order valence-corrected chi connectivity index (χ4v) is 10.9. The first-order valence-electron chi connectivity index (χ1n) is 24.7. The van der Waals surface area contributed by atoms with Crippen molar-refractivity contribution in [3.8, 4) is 23.3 Å². The topological polar surface area (TPSA) is 325 Å². The van der Waals surface area contributed by atoms with Crippen LogP contribution in [0, 0.1) is 17.8 Å². The van der Waals surface area contributed by atoms with Crippen molar-refractivity contribution in [2.75, 3.05) is 44.5 Å². The number of ether oxygens (including phenoxy) is 5. The molecule has 22 nitrogen and oxygen atoms in total. The van der Waals surface area contributed by atoms with Crippen LogP contribution < -0.4 is 46.9 Å². The van der Waals surface area contributed by atoms with Crippen molar-refractivity contribution in [1.29, 1.82) is 0 Å². The van der Waals surface area contributed by atoms with E-state index in [9.17, 15) is 40.3 Å². The van der Waals surface area contributed by atoms with E-state index in [2.05, 4.69) is 38.6 Å². The number of aliphatic hydroxyl groups is 5. The Hall–Kier alpha value is -6.30. The molecule has 0 spiro atoms. The number of aliphatic hydroxyl groups excluding tert-OH is 4. The van der Waals surface area contributed by atoms with Gasteiger partial charge in [-0.1, -0.05) is 42.2 Å². The maximum absolute atomic E-state index is 15.2. The normalized spacial score (nSPS) is 30.7. The Bertz CT molecular complexity index is 2820. The molecule has 3 bridgehead atoms. The van der Waals surface area contributed by atoms with Crippen LogP contribution in [0.5, 0.6) is 11.5 Å². The number of nitrogens with two attached hydrogens (primary N) is 1. The van der Waals surface area contributed by atoms with Crippen LogP contribution >= 0.6 is 0 Å². The van der Waals surface area contributed by atoms with Crippen molar-refractivity contribution >= 4 is 29.4 Å². The summed E-state index contributed by atoms with van der Waals surface area (Å²) in [4.78, 5) is 57.2. The van der Waals surface area contributed by atoms with E-state index in [-0.39, 0.29) is 104 Å². The van der Waals surface area contributed by atoms with Gasteiger partial charge in [0.25, 0.3) is 0 Å². The second-order valence-corrected chi connectivity index (χ2v) is 19.4. The summed E-state index contributed by atoms with van der Waals surface area (Å²) in [6, 6.07) is 12.6. The van der Waals surface area contributed by atoms with Gasteiger partial charge in [-0.05, 0) is 72.2 Å². The number of nitrogens with one attached hydrogen (secondary N) is 5. The highest BCUT2D eigenvalue weighted by Gasteiger charge is 2.57. The molecule has 12 atom stereocenters. The van der Waals surface area contributed by atoms with E-state index >= 15 is 9.59 Å². The van der Waals surface area contributed by atoms with E-state index in [1.165, 1.54) is 18.2 Å². The van der Waals surface area contributed by atoms with Gasteiger partial charge in [-0.2, -0.15) is 0 Å². The molecule has 3 aromatic carbocycles. The number of fused-ring (bicyclic) bond motifs is 8. The van der Waals surface area contributed by atoms with E-state index in [4.69, 9.17) is 29.4 Å². The minimum Gasteiger partial charge on any atom is -0.486 e. The second-order valence-electron chi connectivity index (χ2n) is 19.4. The number of rotatable bonds is 13. The van der Waals surface area contributed by atoms with E-state index in [1.807, 2.05) is 35.2 Å². The van der Waals surface area contributed by atoms with Gasteiger partial charge < -0.3 is 69.5 Å². The molecule has 3 fully saturated rings. The van der Waals surface area contributed by atoms with Crippen molar-refractivity contribution in [1.82, 2.24) is 26.7 Å². The van der Waals surface area contributed by atoms with Gasteiger partial charge in [0.15, 0.2) is 28.7 Å². The molecule has 13 N–H and O–H groups in total. The first-order chi connectivity index (χ1) is 35.8. The summed E-state index contributed by atoms with van der Waals surface area (Å²) in [7, 11) is 0. The van der Waals surface area contributed by atoms with E-state index in [0.717, 1.165) is 5.57 Å². The molecule has 392 valence electrons. The zero-order valence-corrected chi connectivity index (χ0v) is 40.1. The number of carbonyl (C=O) groups excluding carboxylic acids is 4. The minimum atomic E-state index is -2.38. The zero-order chi connectivity index (χ0) is 51.8. The van der Waals surface area contributed by atoms with Gasteiger partial charge in [0.2, 0.25) is 12.2 Å².